The maximum Gasteiger partial charge on any atom is 0.307 e. The van der Waals surface area contributed by atoms with Crippen LogP contribution >= 0.6 is 0 Å². The van der Waals surface area contributed by atoms with Gasteiger partial charge in [0.15, 0.2) is 0 Å². The van der Waals surface area contributed by atoms with Gasteiger partial charge in [0, 0.05) is 19.5 Å². The van der Waals surface area contributed by atoms with Gasteiger partial charge in [-0.05, 0) is 29.5 Å². The van der Waals surface area contributed by atoms with Gasteiger partial charge in [-0.25, -0.2) is 0 Å². The number of hydrogen-bond donors (Lipinski definition) is 1. The third-order valence-corrected chi connectivity index (χ3v) is 4.11. The van der Waals surface area contributed by atoms with Gasteiger partial charge in [-0.1, -0.05) is 75.4 Å². The van der Waals surface area contributed by atoms with Crippen molar-refractivity contribution in [3.8, 4) is 0 Å². The number of rotatable bonds is 9. The average Bonchev–Trinajstić information content (AvgIpc) is 2.69. The summed E-state index contributed by atoms with van der Waals surface area (Å²) in [7, 11) is 0. The number of amides is 1. The first-order valence-electron chi connectivity index (χ1n) is 9.69. The minimum absolute atomic E-state index is 0.00354. The number of carboxylic acid groups (broad SMARTS) is 1. The molecule has 0 heterocycles. The Morgan fingerprint density at radius 3 is 2.19 bits per heavy atom. The van der Waals surface area contributed by atoms with E-state index in [0.717, 1.165) is 24.0 Å². The van der Waals surface area contributed by atoms with Crippen LogP contribution in [0.25, 0.3) is 0 Å². The Balaban J connectivity index is 0.00000176. The van der Waals surface area contributed by atoms with E-state index in [1.54, 1.807) is 6.07 Å². The van der Waals surface area contributed by atoms with E-state index >= 15 is 0 Å². The van der Waals surface area contributed by atoms with Crippen LogP contribution in [0, 0.1) is 0 Å². The number of hydrogen-bond acceptors (Lipinski definition) is 2. The standard InChI is InChI=1S/C21H25NO3.C2H6/c1-2-20(23)22(13-7-12-17-8-4-3-5-9-17)16-19-11-6-10-18(14-19)15-21(24)25;1-2/h3-6,8-11,14H,2,7,12-13,15-16H2,1H3,(H,24,25);1-2H3. The van der Waals surface area contributed by atoms with Crippen LogP contribution in [0.2, 0.25) is 0 Å². The number of aliphatic carboxylic acids is 1. The van der Waals surface area contributed by atoms with Crippen LogP contribution in [0.5, 0.6) is 0 Å². The number of carboxylic acids is 1. The second kappa shape index (κ2) is 12.7. The van der Waals surface area contributed by atoms with Gasteiger partial charge in [-0.15, -0.1) is 0 Å². The van der Waals surface area contributed by atoms with Crippen molar-refractivity contribution in [1.82, 2.24) is 4.90 Å². The Morgan fingerprint density at radius 1 is 0.926 bits per heavy atom. The predicted molar refractivity (Wildman–Crippen MR) is 110 cm³/mol. The fourth-order valence-corrected chi connectivity index (χ4v) is 2.87. The molecule has 2 rings (SSSR count). The van der Waals surface area contributed by atoms with Crippen molar-refractivity contribution < 1.29 is 14.7 Å². The highest BCUT2D eigenvalue weighted by molar-refractivity contribution is 5.75. The molecular formula is C23H31NO3. The van der Waals surface area contributed by atoms with Gasteiger partial charge >= 0.3 is 5.97 Å². The lowest BCUT2D eigenvalue weighted by atomic mass is 10.1. The number of carbonyl (C=O) groups excluding carboxylic acids is 1. The molecule has 4 heteroatoms. The Bertz CT molecular complexity index is 698. The molecule has 0 bridgehead atoms. The summed E-state index contributed by atoms with van der Waals surface area (Å²) in [6.07, 6.45) is 2.32. The van der Waals surface area contributed by atoms with Gasteiger partial charge in [-0.2, -0.15) is 0 Å². The molecule has 0 aliphatic rings. The monoisotopic (exact) mass is 369 g/mol. The summed E-state index contributed by atoms with van der Waals surface area (Å²) >= 11 is 0. The van der Waals surface area contributed by atoms with Crippen LogP contribution in [-0.4, -0.2) is 28.4 Å². The summed E-state index contributed by atoms with van der Waals surface area (Å²) < 4.78 is 0. The zero-order valence-electron chi connectivity index (χ0n) is 16.6. The van der Waals surface area contributed by atoms with E-state index in [1.165, 1.54) is 5.56 Å². The molecule has 4 nitrogen and oxygen atoms in total. The number of nitrogens with zero attached hydrogens (tertiary/aromatic N) is 1. The summed E-state index contributed by atoms with van der Waals surface area (Å²) in [4.78, 5) is 25.0. The molecule has 1 amide bonds. The zero-order valence-corrected chi connectivity index (χ0v) is 16.6. The zero-order chi connectivity index (χ0) is 20.1. The molecule has 0 unspecified atom stereocenters. The van der Waals surface area contributed by atoms with Crippen LogP contribution in [-0.2, 0) is 29.0 Å². The molecule has 1 N–H and O–H groups in total. The normalized spacial score (nSPS) is 9.89. The second-order valence-electron chi connectivity index (χ2n) is 6.15. The van der Waals surface area contributed by atoms with E-state index in [9.17, 15) is 9.59 Å². The van der Waals surface area contributed by atoms with Crippen LogP contribution in [0.3, 0.4) is 0 Å². The molecule has 0 aromatic heterocycles. The van der Waals surface area contributed by atoms with Crippen molar-refractivity contribution in [2.24, 2.45) is 0 Å². The minimum Gasteiger partial charge on any atom is -0.481 e. The number of aryl methyl sites for hydroxylation is 1. The molecule has 0 aliphatic heterocycles. The van der Waals surface area contributed by atoms with Crippen molar-refractivity contribution in [2.75, 3.05) is 6.54 Å². The quantitative estimate of drug-likeness (QED) is 0.696. The molecule has 0 saturated heterocycles. The lowest BCUT2D eigenvalue weighted by Crippen LogP contribution is -2.31. The maximum atomic E-state index is 12.3. The fourth-order valence-electron chi connectivity index (χ4n) is 2.87. The predicted octanol–water partition coefficient (Wildman–Crippen LogP) is 4.71. The average molecular weight is 370 g/mol. The highest BCUT2D eigenvalue weighted by atomic mass is 16.4. The van der Waals surface area contributed by atoms with Crippen molar-refractivity contribution >= 4 is 11.9 Å². The van der Waals surface area contributed by atoms with Crippen LogP contribution in [0.15, 0.2) is 54.6 Å². The van der Waals surface area contributed by atoms with E-state index in [1.807, 2.05) is 62.1 Å². The van der Waals surface area contributed by atoms with E-state index in [4.69, 9.17) is 5.11 Å². The first kappa shape index (κ1) is 22.4. The summed E-state index contributed by atoms with van der Waals surface area (Å²) in [6.45, 7) is 7.09. The summed E-state index contributed by atoms with van der Waals surface area (Å²) in [6, 6.07) is 17.7. The third kappa shape index (κ3) is 8.54. The Morgan fingerprint density at radius 2 is 1.56 bits per heavy atom. The van der Waals surface area contributed by atoms with Gasteiger partial charge in [0.1, 0.15) is 0 Å². The molecule has 146 valence electrons. The van der Waals surface area contributed by atoms with Crippen LogP contribution < -0.4 is 0 Å². The molecule has 2 aromatic rings. The first-order chi connectivity index (χ1) is 13.1. The highest BCUT2D eigenvalue weighted by Crippen LogP contribution is 2.12. The molecule has 0 fully saturated rings. The maximum absolute atomic E-state index is 12.3. The largest absolute Gasteiger partial charge is 0.481 e. The molecule has 0 atom stereocenters. The van der Waals surface area contributed by atoms with Gasteiger partial charge < -0.3 is 10.0 Å². The minimum atomic E-state index is -0.846. The van der Waals surface area contributed by atoms with E-state index in [-0.39, 0.29) is 12.3 Å². The van der Waals surface area contributed by atoms with Gasteiger partial charge in [0.25, 0.3) is 0 Å². The number of benzene rings is 2. The second-order valence-corrected chi connectivity index (χ2v) is 6.15. The lowest BCUT2D eigenvalue weighted by molar-refractivity contribution is -0.136. The van der Waals surface area contributed by atoms with E-state index < -0.39 is 5.97 Å². The fraction of sp³-hybridized carbons (Fsp3) is 0.391. The SMILES string of the molecule is CC.CCC(=O)N(CCCc1ccccc1)Cc1cccc(CC(=O)O)c1. The molecular weight excluding hydrogens is 338 g/mol. The molecule has 0 radical (unpaired) electrons. The highest BCUT2D eigenvalue weighted by Gasteiger charge is 2.12. The molecule has 2 aromatic carbocycles. The summed E-state index contributed by atoms with van der Waals surface area (Å²) in [5.74, 6) is -0.724. The van der Waals surface area contributed by atoms with E-state index in [0.29, 0.717) is 19.5 Å². The Hall–Kier alpha value is -2.62. The molecule has 27 heavy (non-hydrogen) atoms. The topological polar surface area (TPSA) is 57.6 Å². The summed E-state index contributed by atoms with van der Waals surface area (Å²) in [5.41, 5.74) is 3.01. The van der Waals surface area contributed by atoms with Gasteiger partial charge in [-0.3, -0.25) is 9.59 Å². The van der Waals surface area contributed by atoms with Crippen molar-refractivity contribution in [3.63, 3.8) is 0 Å². The van der Waals surface area contributed by atoms with Crippen LogP contribution in [0.4, 0.5) is 0 Å². The molecule has 0 spiro atoms. The third-order valence-electron chi connectivity index (χ3n) is 4.11. The first-order valence-corrected chi connectivity index (χ1v) is 9.69. The van der Waals surface area contributed by atoms with E-state index in [2.05, 4.69) is 12.1 Å². The van der Waals surface area contributed by atoms with Crippen molar-refractivity contribution in [1.29, 1.82) is 0 Å². The molecule has 0 saturated carbocycles. The van der Waals surface area contributed by atoms with Gasteiger partial charge in [0.2, 0.25) is 5.91 Å². The van der Waals surface area contributed by atoms with Crippen molar-refractivity contribution in [3.05, 3.63) is 71.3 Å². The number of carbonyl (C=O) groups is 2. The summed E-state index contributed by atoms with van der Waals surface area (Å²) in [5, 5.41) is 8.93. The smallest absolute Gasteiger partial charge is 0.307 e. The Kier molecular flexibility index (Phi) is 10.5. The van der Waals surface area contributed by atoms with Crippen LogP contribution in [0.1, 0.15) is 50.3 Å². The van der Waals surface area contributed by atoms with Gasteiger partial charge in [0.05, 0.1) is 6.42 Å². The lowest BCUT2D eigenvalue weighted by Gasteiger charge is -2.22. The van der Waals surface area contributed by atoms with Crippen molar-refractivity contribution in [2.45, 2.75) is 53.0 Å². The Labute approximate surface area is 162 Å². The molecule has 0 aliphatic carbocycles.